The maximum atomic E-state index is 13.2. The molecular formula is C17H15ClF3N3O2S. The van der Waals surface area contributed by atoms with Crippen molar-refractivity contribution in [2.24, 2.45) is 0 Å². The molecule has 1 aliphatic heterocycles. The Balaban J connectivity index is 1.86. The van der Waals surface area contributed by atoms with E-state index < -0.39 is 23.8 Å². The number of ether oxygens (including phenoxy) is 1. The van der Waals surface area contributed by atoms with E-state index in [-0.39, 0.29) is 15.4 Å². The molecule has 0 saturated carbocycles. The highest BCUT2D eigenvalue weighted by Crippen LogP contribution is 2.41. The van der Waals surface area contributed by atoms with E-state index in [1.807, 2.05) is 0 Å². The summed E-state index contributed by atoms with van der Waals surface area (Å²) < 4.78 is 44.6. The van der Waals surface area contributed by atoms with Crippen LogP contribution in [0.1, 0.15) is 12.0 Å². The Morgan fingerprint density at radius 3 is 2.74 bits per heavy atom. The molecule has 3 rings (SSSR count). The molecule has 1 saturated heterocycles. The van der Waals surface area contributed by atoms with Gasteiger partial charge in [-0.2, -0.15) is 13.2 Å². The van der Waals surface area contributed by atoms with Crippen molar-refractivity contribution < 1.29 is 22.7 Å². The molecule has 0 amide bonds. The third kappa shape index (κ3) is 4.47. The minimum absolute atomic E-state index is 0.0228. The van der Waals surface area contributed by atoms with E-state index in [0.29, 0.717) is 18.8 Å². The summed E-state index contributed by atoms with van der Waals surface area (Å²) in [4.78, 5) is 21.9. The Labute approximate surface area is 162 Å². The molecular weight excluding hydrogens is 403 g/mol. The number of esters is 1. The molecule has 2 unspecified atom stereocenters. The number of anilines is 1. The van der Waals surface area contributed by atoms with E-state index in [4.69, 9.17) is 16.3 Å². The largest absolute Gasteiger partial charge is 0.467 e. The SMILES string of the molecule is COC(=O)C1CC(Sc2ccccc2C(F)(F)F)CN1c1ccnc(Cl)n1. The molecule has 0 spiro atoms. The number of benzene rings is 1. The molecule has 1 aliphatic rings. The predicted octanol–water partition coefficient (Wildman–Crippen LogP) is 4.06. The summed E-state index contributed by atoms with van der Waals surface area (Å²) in [6, 6.07) is 6.34. The van der Waals surface area contributed by atoms with E-state index in [0.717, 1.165) is 17.8 Å². The highest BCUT2D eigenvalue weighted by Gasteiger charge is 2.40. The lowest BCUT2D eigenvalue weighted by atomic mass is 10.2. The van der Waals surface area contributed by atoms with Gasteiger partial charge in [0.05, 0.1) is 12.7 Å². The molecule has 10 heteroatoms. The van der Waals surface area contributed by atoms with Crippen molar-refractivity contribution in [3.8, 4) is 0 Å². The zero-order valence-electron chi connectivity index (χ0n) is 14.1. The number of carbonyl (C=O) groups is 1. The maximum absolute atomic E-state index is 13.2. The molecule has 1 fully saturated rings. The third-order valence-corrected chi connectivity index (χ3v) is 5.59. The van der Waals surface area contributed by atoms with Crippen LogP contribution < -0.4 is 4.90 Å². The molecule has 2 aromatic rings. The van der Waals surface area contributed by atoms with Crippen molar-refractivity contribution in [3.05, 3.63) is 47.4 Å². The number of alkyl halides is 3. The molecule has 1 aromatic heterocycles. The van der Waals surface area contributed by atoms with Crippen molar-refractivity contribution in [2.45, 2.75) is 28.8 Å². The average molecular weight is 418 g/mol. The molecule has 2 heterocycles. The quantitative estimate of drug-likeness (QED) is 0.552. The maximum Gasteiger partial charge on any atom is 0.417 e. The Hall–Kier alpha value is -2.00. The second-order valence-electron chi connectivity index (χ2n) is 5.84. The van der Waals surface area contributed by atoms with Crippen LogP contribution in [0.15, 0.2) is 41.4 Å². The zero-order chi connectivity index (χ0) is 19.6. The fraction of sp³-hybridized carbons (Fsp3) is 0.353. The first-order valence-corrected chi connectivity index (χ1v) is 9.21. The second kappa shape index (κ2) is 7.93. The third-order valence-electron chi connectivity index (χ3n) is 4.13. The normalized spacial score (nSPS) is 20.0. The molecule has 1 aromatic carbocycles. The fourth-order valence-corrected chi connectivity index (χ4v) is 4.45. The molecule has 0 radical (unpaired) electrons. The summed E-state index contributed by atoms with van der Waals surface area (Å²) in [5.74, 6) is -0.0467. The first kappa shape index (κ1) is 19.8. The average Bonchev–Trinajstić information content (AvgIpc) is 3.04. The summed E-state index contributed by atoms with van der Waals surface area (Å²) in [6.07, 6.45) is -2.66. The van der Waals surface area contributed by atoms with E-state index in [2.05, 4.69) is 9.97 Å². The summed E-state index contributed by atoms with van der Waals surface area (Å²) in [5.41, 5.74) is -0.687. The fourth-order valence-electron chi connectivity index (χ4n) is 2.96. The van der Waals surface area contributed by atoms with Gasteiger partial charge in [0.1, 0.15) is 11.9 Å². The Morgan fingerprint density at radius 1 is 1.33 bits per heavy atom. The minimum Gasteiger partial charge on any atom is -0.467 e. The molecule has 0 N–H and O–H groups in total. The van der Waals surface area contributed by atoms with Gasteiger partial charge in [-0.05, 0) is 36.2 Å². The number of nitrogens with zero attached hydrogens (tertiary/aromatic N) is 3. The predicted molar refractivity (Wildman–Crippen MR) is 95.9 cm³/mol. The number of rotatable bonds is 4. The molecule has 0 aliphatic carbocycles. The number of methoxy groups -OCH3 is 1. The van der Waals surface area contributed by atoms with Gasteiger partial charge in [0.25, 0.3) is 0 Å². The van der Waals surface area contributed by atoms with Crippen molar-refractivity contribution >= 4 is 35.1 Å². The first-order chi connectivity index (χ1) is 12.8. The van der Waals surface area contributed by atoms with Gasteiger partial charge < -0.3 is 9.64 Å². The minimum atomic E-state index is -4.44. The van der Waals surface area contributed by atoms with Crippen LogP contribution in [-0.2, 0) is 15.7 Å². The van der Waals surface area contributed by atoms with Crippen LogP contribution in [0.25, 0.3) is 0 Å². The number of aromatic nitrogens is 2. The summed E-state index contributed by atoms with van der Waals surface area (Å²) >= 11 is 6.92. The van der Waals surface area contributed by atoms with Crippen molar-refractivity contribution in [1.29, 1.82) is 0 Å². The Bertz CT molecular complexity index is 837. The molecule has 144 valence electrons. The van der Waals surface area contributed by atoms with Crippen LogP contribution in [-0.4, -0.2) is 40.9 Å². The summed E-state index contributed by atoms with van der Waals surface area (Å²) in [7, 11) is 1.27. The van der Waals surface area contributed by atoms with Crippen LogP contribution in [0.4, 0.5) is 19.0 Å². The van der Waals surface area contributed by atoms with Crippen LogP contribution >= 0.6 is 23.4 Å². The monoisotopic (exact) mass is 417 g/mol. The van der Waals surface area contributed by atoms with Gasteiger partial charge >= 0.3 is 12.1 Å². The Kier molecular flexibility index (Phi) is 5.81. The molecule has 2 atom stereocenters. The standard InChI is InChI=1S/C17H15ClF3N3O2S/c1-26-15(25)12-8-10(9-24(12)14-6-7-22-16(18)23-14)27-13-5-3-2-4-11(13)17(19,20)21/h2-7,10,12H,8-9H2,1H3. The van der Waals surface area contributed by atoms with Crippen molar-refractivity contribution in [1.82, 2.24) is 9.97 Å². The van der Waals surface area contributed by atoms with Gasteiger partial charge in [0.2, 0.25) is 5.28 Å². The van der Waals surface area contributed by atoms with Crippen LogP contribution in [0, 0.1) is 0 Å². The molecule has 0 bridgehead atoms. The van der Waals surface area contributed by atoms with Gasteiger partial charge in [-0.25, -0.2) is 14.8 Å². The van der Waals surface area contributed by atoms with Gasteiger partial charge in [-0.3, -0.25) is 0 Å². The van der Waals surface area contributed by atoms with Crippen LogP contribution in [0.3, 0.4) is 0 Å². The van der Waals surface area contributed by atoms with Crippen LogP contribution in [0.2, 0.25) is 5.28 Å². The summed E-state index contributed by atoms with van der Waals surface area (Å²) in [5, 5.41) is -0.235. The van der Waals surface area contributed by atoms with Gasteiger partial charge in [0, 0.05) is 22.9 Å². The van der Waals surface area contributed by atoms with Crippen molar-refractivity contribution in [2.75, 3.05) is 18.6 Å². The first-order valence-electron chi connectivity index (χ1n) is 7.95. The number of carbonyl (C=O) groups excluding carboxylic acids is 1. The second-order valence-corrected chi connectivity index (χ2v) is 7.52. The van der Waals surface area contributed by atoms with Crippen LogP contribution in [0.5, 0.6) is 0 Å². The summed E-state index contributed by atoms with van der Waals surface area (Å²) in [6.45, 7) is 0.323. The number of thioether (sulfide) groups is 1. The number of hydrogen-bond acceptors (Lipinski definition) is 6. The highest BCUT2D eigenvalue weighted by molar-refractivity contribution is 8.00. The lowest BCUT2D eigenvalue weighted by molar-refractivity contribution is -0.142. The lowest BCUT2D eigenvalue weighted by Gasteiger charge is -2.23. The topological polar surface area (TPSA) is 55.3 Å². The molecule has 27 heavy (non-hydrogen) atoms. The van der Waals surface area contributed by atoms with Gasteiger partial charge in [-0.15, -0.1) is 11.8 Å². The molecule has 5 nitrogen and oxygen atoms in total. The van der Waals surface area contributed by atoms with Gasteiger partial charge in [0.15, 0.2) is 0 Å². The van der Waals surface area contributed by atoms with E-state index >= 15 is 0 Å². The van der Waals surface area contributed by atoms with Gasteiger partial charge in [-0.1, -0.05) is 12.1 Å². The zero-order valence-corrected chi connectivity index (χ0v) is 15.7. The smallest absolute Gasteiger partial charge is 0.417 e. The Morgan fingerprint density at radius 2 is 2.07 bits per heavy atom. The highest BCUT2D eigenvalue weighted by atomic mass is 35.5. The number of hydrogen-bond donors (Lipinski definition) is 0. The van der Waals surface area contributed by atoms with E-state index in [1.165, 1.54) is 25.4 Å². The van der Waals surface area contributed by atoms with Crippen molar-refractivity contribution in [3.63, 3.8) is 0 Å². The number of halogens is 4. The van der Waals surface area contributed by atoms with E-state index in [9.17, 15) is 18.0 Å². The lowest BCUT2D eigenvalue weighted by Crippen LogP contribution is -2.37. The van der Waals surface area contributed by atoms with E-state index in [1.54, 1.807) is 17.0 Å².